The smallest absolute Gasteiger partial charge is 0.442 e. The fourth-order valence-corrected chi connectivity index (χ4v) is 1.75. The van der Waals surface area contributed by atoms with E-state index >= 15 is 0 Å². The number of nitrogens with zero attached hydrogens (tertiary/aromatic N) is 2. The predicted octanol–water partition coefficient (Wildman–Crippen LogP) is 1.43. The van der Waals surface area contributed by atoms with Crippen LogP contribution in [0.2, 0.25) is 0 Å². The van der Waals surface area contributed by atoms with Gasteiger partial charge in [0.05, 0.1) is 0 Å². The Morgan fingerprint density at radius 3 is 2.55 bits per heavy atom. The molecule has 0 aliphatic carbocycles. The molecular formula is C13H21BN2O4. The summed E-state index contributed by atoms with van der Waals surface area (Å²) in [5.74, 6) is 0. The fraction of sp³-hybridized carbons (Fsp3) is 0.692. The second kappa shape index (κ2) is 5.22. The Kier molecular flexibility index (Phi) is 3.93. The highest BCUT2D eigenvalue weighted by Crippen LogP contribution is 2.21. The highest BCUT2D eigenvalue weighted by molar-refractivity contribution is 6.61. The molecule has 0 saturated carbocycles. The summed E-state index contributed by atoms with van der Waals surface area (Å²) >= 11 is 0. The summed E-state index contributed by atoms with van der Waals surface area (Å²) in [6.07, 6.45) is 2.63. The van der Waals surface area contributed by atoms with Crippen molar-refractivity contribution in [3.8, 4) is 0 Å². The third kappa shape index (κ3) is 3.83. The molecule has 6 nitrogen and oxygen atoms in total. The van der Waals surface area contributed by atoms with Crippen LogP contribution < -0.4 is 5.46 Å². The number of aromatic nitrogens is 2. The molecular weight excluding hydrogens is 259 g/mol. The summed E-state index contributed by atoms with van der Waals surface area (Å²) in [4.78, 5) is 11.9. The Labute approximate surface area is 119 Å². The molecule has 1 aromatic rings. The lowest BCUT2D eigenvalue weighted by Crippen LogP contribution is -2.47. The molecule has 0 unspecified atom stereocenters. The van der Waals surface area contributed by atoms with Gasteiger partial charge in [0.2, 0.25) is 0 Å². The minimum Gasteiger partial charge on any atom is -0.442 e. The van der Waals surface area contributed by atoms with Crippen LogP contribution in [0, 0.1) is 5.41 Å². The molecule has 2 heterocycles. The molecule has 20 heavy (non-hydrogen) atoms. The van der Waals surface area contributed by atoms with Crippen LogP contribution in [-0.2, 0) is 14.0 Å². The number of hydrogen-bond donors (Lipinski definition) is 0. The quantitative estimate of drug-likeness (QED) is 0.728. The van der Waals surface area contributed by atoms with Gasteiger partial charge in [0.1, 0.15) is 5.60 Å². The maximum Gasteiger partial charge on any atom is 0.497 e. The molecule has 1 saturated heterocycles. The fourth-order valence-electron chi connectivity index (χ4n) is 1.75. The highest BCUT2D eigenvalue weighted by Gasteiger charge is 2.34. The first-order chi connectivity index (χ1) is 9.16. The molecule has 110 valence electrons. The van der Waals surface area contributed by atoms with E-state index in [1.54, 1.807) is 12.4 Å². The van der Waals surface area contributed by atoms with E-state index in [1.807, 2.05) is 20.8 Å². The van der Waals surface area contributed by atoms with Crippen molar-refractivity contribution in [1.82, 2.24) is 9.78 Å². The van der Waals surface area contributed by atoms with Crippen molar-refractivity contribution in [2.75, 3.05) is 13.2 Å². The van der Waals surface area contributed by atoms with Crippen molar-refractivity contribution >= 4 is 18.7 Å². The third-order valence-electron chi connectivity index (χ3n) is 2.71. The Hall–Kier alpha value is -1.34. The molecule has 1 aliphatic heterocycles. The molecule has 0 spiro atoms. The molecule has 0 aromatic carbocycles. The van der Waals surface area contributed by atoms with Gasteiger partial charge in [-0.15, -0.1) is 0 Å². The van der Waals surface area contributed by atoms with Crippen LogP contribution in [0.25, 0.3) is 0 Å². The standard InChI is InChI=1S/C13H21BN2O4/c1-12(2,3)20-11(17)16-7-10(6-15-16)14-18-8-13(4,5)9-19-14/h6-7H,8-9H2,1-5H3. The minimum absolute atomic E-state index is 0.0116. The van der Waals surface area contributed by atoms with Crippen LogP contribution in [0.3, 0.4) is 0 Å². The number of carbonyl (C=O) groups is 1. The average molecular weight is 280 g/mol. The van der Waals surface area contributed by atoms with E-state index in [0.29, 0.717) is 18.7 Å². The van der Waals surface area contributed by atoms with Gasteiger partial charge >= 0.3 is 13.2 Å². The van der Waals surface area contributed by atoms with E-state index in [1.165, 1.54) is 0 Å². The van der Waals surface area contributed by atoms with Crippen molar-refractivity contribution in [3.05, 3.63) is 12.4 Å². The lowest BCUT2D eigenvalue weighted by atomic mass is 9.78. The molecule has 0 atom stereocenters. The highest BCUT2D eigenvalue weighted by atomic mass is 16.6. The Balaban J connectivity index is 2.01. The lowest BCUT2D eigenvalue weighted by molar-refractivity contribution is 0.0343. The van der Waals surface area contributed by atoms with E-state index in [2.05, 4.69) is 18.9 Å². The first-order valence-corrected chi connectivity index (χ1v) is 6.67. The van der Waals surface area contributed by atoms with Crippen LogP contribution in [0.5, 0.6) is 0 Å². The van der Waals surface area contributed by atoms with E-state index in [4.69, 9.17) is 14.0 Å². The normalized spacial score (nSPS) is 18.9. The van der Waals surface area contributed by atoms with Crippen molar-refractivity contribution in [2.24, 2.45) is 5.41 Å². The Bertz CT molecular complexity index is 483. The van der Waals surface area contributed by atoms with Gasteiger partial charge in [-0.25, -0.2) is 4.79 Å². The van der Waals surface area contributed by atoms with Crippen LogP contribution in [0.1, 0.15) is 34.6 Å². The maximum atomic E-state index is 11.9. The predicted molar refractivity (Wildman–Crippen MR) is 74.9 cm³/mol. The molecule has 1 aliphatic rings. The molecule has 0 radical (unpaired) electrons. The molecule has 7 heteroatoms. The molecule has 0 bridgehead atoms. The zero-order valence-electron chi connectivity index (χ0n) is 12.7. The summed E-state index contributed by atoms with van der Waals surface area (Å²) < 4.78 is 17.7. The summed E-state index contributed by atoms with van der Waals surface area (Å²) in [5, 5.41) is 3.99. The van der Waals surface area contributed by atoms with Crippen LogP contribution in [-0.4, -0.2) is 41.8 Å². The van der Waals surface area contributed by atoms with E-state index < -0.39 is 18.8 Å². The number of carbonyl (C=O) groups excluding carboxylic acids is 1. The summed E-state index contributed by atoms with van der Waals surface area (Å²) in [5.41, 5.74) is 0.175. The Morgan fingerprint density at radius 2 is 2.00 bits per heavy atom. The first kappa shape index (κ1) is 15.1. The number of hydrogen-bond acceptors (Lipinski definition) is 5. The van der Waals surface area contributed by atoms with E-state index in [-0.39, 0.29) is 5.41 Å². The third-order valence-corrected chi connectivity index (χ3v) is 2.71. The molecule has 0 N–H and O–H groups in total. The Morgan fingerprint density at radius 1 is 1.40 bits per heavy atom. The topological polar surface area (TPSA) is 62.6 Å². The molecule has 1 fully saturated rings. The largest absolute Gasteiger partial charge is 0.497 e. The van der Waals surface area contributed by atoms with Crippen LogP contribution in [0.4, 0.5) is 4.79 Å². The van der Waals surface area contributed by atoms with Gasteiger partial charge in [-0.1, -0.05) is 13.8 Å². The zero-order valence-corrected chi connectivity index (χ0v) is 12.7. The van der Waals surface area contributed by atoms with Gasteiger partial charge in [-0.05, 0) is 20.8 Å². The minimum atomic E-state index is -0.551. The van der Waals surface area contributed by atoms with Crippen molar-refractivity contribution in [1.29, 1.82) is 0 Å². The van der Waals surface area contributed by atoms with Gasteiger partial charge in [0.25, 0.3) is 0 Å². The lowest BCUT2D eigenvalue weighted by Gasteiger charge is -2.32. The molecule has 0 amide bonds. The van der Waals surface area contributed by atoms with Crippen molar-refractivity contribution in [2.45, 2.75) is 40.2 Å². The van der Waals surface area contributed by atoms with E-state index in [0.717, 1.165) is 4.68 Å². The first-order valence-electron chi connectivity index (χ1n) is 6.67. The van der Waals surface area contributed by atoms with E-state index in [9.17, 15) is 4.79 Å². The number of rotatable bonds is 1. The molecule has 1 aromatic heterocycles. The van der Waals surface area contributed by atoms with Gasteiger partial charge in [0.15, 0.2) is 0 Å². The summed E-state index contributed by atoms with van der Waals surface area (Å²) in [6.45, 7) is 10.8. The summed E-state index contributed by atoms with van der Waals surface area (Å²) in [7, 11) is -0.473. The van der Waals surface area contributed by atoms with Gasteiger partial charge in [-0.2, -0.15) is 9.78 Å². The van der Waals surface area contributed by atoms with Gasteiger partial charge in [0, 0.05) is 36.5 Å². The molecule has 2 rings (SSSR count). The van der Waals surface area contributed by atoms with Crippen molar-refractivity contribution < 1.29 is 18.8 Å². The second-order valence-electron chi connectivity index (χ2n) is 6.82. The number of ether oxygens (including phenoxy) is 1. The average Bonchev–Trinajstić information content (AvgIpc) is 2.76. The maximum absolute atomic E-state index is 11.9. The zero-order chi connectivity index (χ0) is 15.0. The SMILES string of the molecule is CC1(C)COB(c2cnn(C(=O)OC(C)(C)C)c2)OC1. The van der Waals surface area contributed by atoms with Crippen molar-refractivity contribution in [3.63, 3.8) is 0 Å². The van der Waals surface area contributed by atoms with Crippen LogP contribution in [0.15, 0.2) is 12.4 Å². The second-order valence-corrected chi connectivity index (χ2v) is 6.82. The monoisotopic (exact) mass is 280 g/mol. The van der Waals surface area contributed by atoms with Gasteiger partial charge < -0.3 is 14.0 Å². The van der Waals surface area contributed by atoms with Gasteiger partial charge in [-0.3, -0.25) is 0 Å². The summed E-state index contributed by atoms with van der Waals surface area (Å²) in [6, 6.07) is 0. The van der Waals surface area contributed by atoms with Crippen LogP contribution >= 0.6 is 0 Å².